The molecule has 0 radical (unpaired) electrons. The fraction of sp³-hybridized carbons (Fsp3) is 0.0882. The Morgan fingerprint density at radius 2 is 1.28 bits per heavy atom. The summed E-state index contributed by atoms with van der Waals surface area (Å²) in [6.07, 6.45) is 0. The lowest BCUT2D eigenvalue weighted by Crippen LogP contribution is -2.16. The molecule has 0 amide bonds. The van der Waals surface area contributed by atoms with Crippen molar-refractivity contribution in [3.05, 3.63) is 150 Å². The summed E-state index contributed by atoms with van der Waals surface area (Å²) in [7, 11) is 0. The zero-order valence-corrected chi connectivity index (χ0v) is 22.4. The molecule has 192 valence electrons. The first-order valence-corrected chi connectivity index (χ1v) is 13.8. The molecule has 0 bridgehead atoms. The average molecular weight is 528 g/mol. The number of ether oxygens (including phenoxy) is 1. The molecule has 1 aromatic heterocycles. The molecule has 0 atom stereocenters. The number of benzene rings is 5. The van der Waals surface area contributed by atoms with Gasteiger partial charge in [0.1, 0.15) is 18.2 Å². The summed E-state index contributed by atoms with van der Waals surface area (Å²) in [6.45, 7) is 2.05. The lowest BCUT2D eigenvalue weighted by molar-refractivity contribution is 0.306. The number of hydrogen-bond acceptors (Lipinski definition) is 5. The Morgan fingerprint density at radius 1 is 0.641 bits per heavy atom. The third kappa shape index (κ3) is 6.11. The van der Waals surface area contributed by atoms with Crippen LogP contribution in [0.25, 0.3) is 10.1 Å². The summed E-state index contributed by atoms with van der Waals surface area (Å²) >= 11 is 1.50. The Labute approximate surface area is 233 Å². The van der Waals surface area contributed by atoms with Gasteiger partial charge in [0.15, 0.2) is 0 Å². The zero-order chi connectivity index (χ0) is 26.3. The first-order chi connectivity index (χ1) is 19.3. The second kappa shape index (κ2) is 11.8. The fourth-order valence-electron chi connectivity index (χ4n) is 4.56. The van der Waals surface area contributed by atoms with E-state index in [0.717, 1.165) is 39.4 Å². The number of rotatable bonds is 10. The predicted octanol–water partition coefficient (Wildman–Crippen LogP) is 8.83. The van der Waals surface area contributed by atoms with Crippen molar-refractivity contribution in [2.75, 3.05) is 10.2 Å². The normalized spacial score (nSPS) is 10.9. The van der Waals surface area contributed by atoms with Crippen LogP contribution in [0.5, 0.6) is 5.75 Å². The molecule has 0 aliphatic heterocycles. The Bertz CT molecular complexity index is 1620. The van der Waals surface area contributed by atoms with E-state index in [2.05, 4.69) is 124 Å². The van der Waals surface area contributed by atoms with Crippen LogP contribution in [0.3, 0.4) is 0 Å². The van der Waals surface area contributed by atoms with Crippen molar-refractivity contribution in [1.82, 2.24) is 4.37 Å². The molecule has 0 fully saturated rings. The van der Waals surface area contributed by atoms with Gasteiger partial charge in [-0.3, -0.25) is 0 Å². The van der Waals surface area contributed by atoms with Crippen molar-refractivity contribution < 1.29 is 4.74 Å². The molecule has 0 aliphatic rings. The van der Waals surface area contributed by atoms with Crippen molar-refractivity contribution in [2.24, 2.45) is 0 Å². The Hall–Kier alpha value is -4.61. The summed E-state index contributed by atoms with van der Waals surface area (Å²) in [5.41, 5.74) is 5.95. The van der Waals surface area contributed by atoms with Crippen molar-refractivity contribution >= 4 is 38.8 Å². The number of nitrogens with one attached hydrogen (secondary N) is 1. The van der Waals surface area contributed by atoms with Crippen LogP contribution in [0.15, 0.2) is 133 Å². The molecule has 0 unspecified atom stereocenters. The number of fused-ring (bicyclic) bond motifs is 1. The molecular weight excluding hydrogens is 498 g/mol. The van der Waals surface area contributed by atoms with Crippen molar-refractivity contribution in [2.45, 2.75) is 19.7 Å². The van der Waals surface area contributed by atoms with Crippen molar-refractivity contribution in [3.63, 3.8) is 0 Å². The second-order valence-electron chi connectivity index (χ2n) is 9.39. The van der Waals surface area contributed by atoms with Gasteiger partial charge in [0, 0.05) is 29.9 Å². The number of hydrogen-bond donors (Lipinski definition) is 1. The maximum Gasteiger partial charge on any atom is 0.147 e. The quantitative estimate of drug-likeness (QED) is 0.193. The zero-order valence-electron chi connectivity index (χ0n) is 21.5. The number of anilines is 3. The summed E-state index contributed by atoms with van der Waals surface area (Å²) < 4.78 is 11.9. The van der Waals surface area contributed by atoms with Crippen molar-refractivity contribution in [3.8, 4) is 5.75 Å². The molecule has 6 rings (SSSR count). The topological polar surface area (TPSA) is 37.4 Å². The van der Waals surface area contributed by atoms with E-state index < -0.39 is 0 Å². The minimum Gasteiger partial charge on any atom is -0.489 e. The smallest absolute Gasteiger partial charge is 0.147 e. The molecule has 39 heavy (non-hydrogen) atoms. The van der Waals surface area contributed by atoms with Gasteiger partial charge in [-0.15, -0.1) is 0 Å². The summed E-state index contributed by atoms with van der Waals surface area (Å²) in [5, 5.41) is 4.62. The fourth-order valence-corrected chi connectivity index (χ4v) is 5.30. The molecule has 1 N–H and O–H groups in total. The third-order valence-corrected chi connectivity index (χ3v) is 7.48. The molecule has 4 nitrogen and oxygen atoms in total. The highest BCUT2D eigenvalue weighted by Gasteiger charge is 2.11. The summed E-state index contributed by atoms with van der Waals surface area (Å²) in [6, 6.07) is 46.3. The van der Waals surface area contributed by atoms with Crippen LogP contribution in [0.2, 0.25) is 0 Å². The SMILES string of the molecule is c1ccc(COc2ccc3snc(NCc4ccc(N(Cc5ccccc5)c5ccccc5)cc4)c3c2)cc1. The van der Waals surface area contributed by atoms with Gasteiger partial charge in [0.05, 0.1) is 4.70 Å². The van der Waals surface area contributed by atoms with E-state index in [4.69, 9.17) is 4.74 Å². The van der Waals surface area contributed by atoms with Gasteiger partial charge in [0.2, 0.25) is 0 Å². The van der Waals surface area contributed by atoms with Crippen molar-refractivity contribution in [1.29, 1.82) is 0 Å². The molecule has 6 aromatic rings. The minimum absolute atomic E-state index is 0.545. The highest BCUT2D eigenvalue weighted by Crippen LogP contribution is 2.32. The Balaban J connectivity index is 1.15. The van der Waals surface area contributed by atoms with Crippen LogP contribution in [-0.2, 0) is 19.7 Å². The van der Waals surface area contributed by atoms with E-state index in [1.807, 2.05) is 24.3 Å². The van der Waals surface area contributed by atoms with E-state index in [9.17, 15) is 0 Å². The van der Waals surface area contributed by atoms with Crippen LogP contribution in [0.4, 0.5) is 17.2 Å². The van der Waals surface area contributed by atoms with Crippen LogP contribution >= 0.6 is 11.5 Å². The van der Waals surface area contributed by atoms with Gasteiger partial charge >= 0.3 is 0 Å². The predicted molar refractivity (Wildman–Crippen MR) is 163 cm³/mol. The third-order valence-electron chi connectivity index (χ3n) is 6.65. The van der Waals surface area contributed by atoms with E-state index in [1.165, 1.54) is 28.3 Å². The van der Waals surface area contributed by atoms with Crippen LogP contribution in [0.1, 0.15) is 16.7 Å². The highest BCUT2D eigenvalue weighted by molar-refractivity contribution is 7.13. The standard InChI is InChI=1S/C34H29N3OS/c1-4-10-27(11-5-1)24-37(29-14-8-3-9-15-29)30-18-16-26(17-19-30)23-35-34-32-22-31(20-21-33(32)39-36-34)38-25-28-12-6-2-7-13-28/h1-22H,23-25H2,(H,35,36). The Morgan fingerprint density at radius 3 is 2.00 bits per heavy atom. The van der Waals surface area contributed by atoms with Crippen LogP contribution in [0, 0.1) is 0 Å². The Kier molecular flexibility index (Phi) is 7.50. The number of para-hydroxylation sites is 1. The number of aromatic nitrogens is 1. The monoisotopic (exact) mass is 527 g/mol. The number of nitrogens with zero attached hydrogens (tertiary/aromatic N) is 2. The van der Waals surface area contributed by atoms with Gasteiger partial charge < -0.3 is 15.0 Å². The maximum absolute atomic E-state index is 6.05. The van der Waals surface area contributed by atoms with Gasteiger partial charge in [0.25, 0.3) is 0 Å². The molecule has 0 spiro atoms. The molecule has 0 saturated heterocycles. The van der Waals surface area contributed by atoms with E-state index in [1.54, 1.807) is 0 Å². The lowest BCUT2D eigenvalue weighted by Gasteiger charge is -2.25. The molecule has 1 heterocycles. The van der Waals surface area contributed by atoms with Gasteiger partial charge in [-0.05, 0) is 70.7 Å². The summed E-state index contributed by atoms with van der Waals surface area (Å²) in [5.74, 6) is 1.73. The molecule has 0 saturated carbocycles. The maximum atomic E-state index is 6.05. The van der Waals surface area contributed by atoms with E-state index in [0.29, 0.717) is 13.2 Å². The lowest BCUT2D eigenvalue weighted by atomic mass is 10.1. The van der Waals surface area contributed by atoms with E-state index >= 15 is 0 Å². The first kappa shape index (κ1) is 24.7. The highest BCUT2D eigenvalue weighted by atomic mass is 32.1. The minimum atomic E-state index is 0.545. The van der Waals surface area contributed by atoms with Gasteiger partial charge in [-0.25, -0.2) is 0 Å². The van der Waals surface area contributed by atoms with Crippen LogP contribution < -0.4 is 15.0 Å². The largest absolute Gasteiger partial charge is 0.489 e. The molecular formula is C34H29N3OS. The van der Waals surface area contributed by atoms with E-state index in [-0.39, 0.29) is 0 Å². The molecule has 5 aromatic carbocycles. The first-order valence-electron chi connectivity index (χ1n) is 13.1. The second-order valence-corrected chi connectivity index (χ2v) is 10.2. The van der Waals surface area contributed by atoms with Gasteiger partial charge in [-0.2, -0.15) is 4.37 Å². The average Bonchev–Trinajstić information content (AvgIpc) is 3.42. The van der Waals surface area contributed by atoms with Crippen LogP contribution in [-0.4, -0.2) is 4.37 Å². The van der Waals surface area contributed by atoms with Gasteiger partial charge in [-0.1, -0.05) is 91.0 Å². The molecule has 0 aliphatic carbocycles. The molecule has 5 heteroatoms. The summed E-state index contributed by atoms with van der Waals surface area (Å²) in [4.78, 5) is 2.34.